The Morgan fingerprint density at radius 3 is 2.48 bits per heavy atom. The predicted molar refractivity (Wildman–Crippen MR) is 104 cm³/mol. The molecule has 7 nitrogen and oxygen atoms in total. The van der Waals surface area contributed by atoms with Crippen molar-refractivity contribution in [3.63, 3.8) is 0 Å². The van der Waals surface area contributed by atoms with Gasteiger partial charge in [-0.3, -0.25) is 4.79 Å². The summed E-state index contributed by atoms with van der Waals surface area (Å²) in [4.78, 5) is 28.5. The fraction of sp³-hybridized carbons (Fsp3) is 0.500. The van der Waals surface area contributed by atoms with Crippen molar-refractivity contribution in [1.29, 1.82) is 0 Å². The number of hydrogen-bond donors (Lipinski definition) is 0. The molecule has 9 heteroatoms. The summed E-state index contributed by atoms with van der Waals surface area (Å²) in [6.07, 6.45) is -0.620. The number of amides is 1. The monoisotopic (exact) mass is 409 g/mol. The van der Waals surface area contributed by atoms with Crippen molar-refractivity contribution >= 4 is 44.3 Å². The molecule has 2 aliphatic heterocycles. The number of rotatable bonds is 5. The van der Waals surface area contributed by atoms with Crippen LogP contribution in [0.25, 0.3) is 0 Å². The summed E-state index contributed by atoms with van der Waals surface area (Å²) >= 11 is 1.27. The second-order valence-electron chi connectivity index (χ2n) is 7.08. The van der Waals surface area contributed by atoms with Crippen molar-refractivity contribution in [2.75, 3.05) is 16.4 Å². The molecule has 0 N–H and O–H groups in total. The van der Waals surface area contributed by atoms with Gasteiger partial charge in [-0.15, -0.1) is 0 Å². The van der Waals surface area contributed by atoms with Crippen LogP contribution in [0.4, 0.5) is 5.69 Å². The summed E-state index contributed by atoms with van der Waals surface area (Å²) in [7, 11) is -3.13. The van der Waals surface area contributed by atoms with Gasteiger partial charge < -0.3 is 14.8 Å². The van der Waals surface area contributed by atoms with Crippen LogP contribution in [0.3, 0.4) is 0 Å². The van der Waals surface area contributed by atoms with Crippen molar-refractivity contribution in [2.24, 2.45) is 4.99 Å². The van der Waals surface area contributed by atoms with Crippen LogP contribution in [-0.4, -0.2) is 48.3 Å². The zero-order chi connectivity index (χ0) is 19.8. The Hall–Kier alpha value is -1.87. The number of carbonyl (C=O) groups excluding carboxylic acids is 2. The van der Waals surface area contributed by atoms with E-state index in [1.54, 1.807) is 4.90 Å². The molecule has 0 radical (unpaired) electrons. The van der Waals surface area contributed by atoms with Gasteiger partial charge in [-0.2, -0.15) is 4.99 Å². The Kier molecular flexibility index (Phi) is 5.62. The third-order valence-corrected chi connectivity index (χ3v) is 7.88. The van der Waals surface area contributed by atoms with Crippen LogP contribution in [0.1, 0.15) is 38.2 Å². The van der Waals surface area contributed by atoms with E-state index in [2.05, 4.69) is 18.8 Å². The first-order valence-electron chi connectivity index (χ1n) is 8.74. The van der Waals surface area contributed by atoms with Gasteiger partial charge in [-0.1, -0.05) is 37.7 Å². The Labute approximate surface area is 162 Å². The van der Waals surface area contributed by atoms with Gasteiger partial charge in [-0.05, 0) is 30.0 Å². The molecule has 1 amide bonds. The summed E-state index contributed by atoms with van der Waals surface area (Å²) in [6.45, 7) is 4.17. The number of sulfone groups is 1. The highest BCUT2D eigenvalue weighted by Crippen LogP contribution is 2.41. The summed E-state index contributed by atoms with van der Waals surface area (Å²) in [5.74, 6) is -1.41. The number of carboxylic acids is 1. The van der Waals surface area contributed by atoms with E-state index in [9.17, 15) is 23.1 Å². The first-order valence-corrected chi connectivity index (χ1v) is 11.4. The second kappa shape index (κ2) is 7.63. The fourth-order valence-corrected chi connectivity index (χ4v) is 7.19. The zero-order valence-corrected chi connectivity index (χ0v) is 16.8. The van der Waals surface area contributed by atoms with Gasteiger partial charge in [0.05, 0.1) is 17.5 Å². The van der Waals surface area contributed by atoms with Gasteiger partial charge in [-0.25, -0.2) is 8.42 Å². The topological polar surface area (TPSA) is 107 Å². The third kappa shape index (κ3) is 4.52. The first kappa shape index (κ1) is 19.9. The fourth-order valence-electron chi connectivity index (χ4n) is 3.26. The van der Waals surface area contributed by atoms with E-state index in [0.717, 1.165) is 11.3 Å². The second-order valence-corrected chi connectivity index (χ2v) is 10.4. The molecular formula is C18H21N2O5S2-. The number of amidine groups is 1. The lowest BCUT2D eigenvalue weighted by Gasteiger charge is -2.25. The van der Waals surface area contributed by atoms with E-state index < -0.39 is 21.7 Å². The molecule has 2 heterocycles. The van der Waals surface area contributed by atoms with Gasteiger partial charge in [0.25, 0.3) is 0 Å². The minimum atomic E-state index is -3.13. The van der Waals surface area contributed by atoms with E-state index in [-0.39, 0.29) is 35.6 Å². The van der Waals surface area contributed by atoms with Crippen LogP contribution in [0.15, 0.2) is 29.3 Å². The molecule has 3 rings (SSSR count). The normalized spacial score (nSPS) is 25.1. The van der Waals surface area contributed by atoms with Crippen LogP contribution < -0.4 is 10.0 Å². The smallest absolute Gasteiger partial charge is 0.248 e. The van der Waals surface area contributed by atoms with Gasteiger partial charge in [0.1, 0.15) is 0 Å². The number of aliphatic carboxylic acids is 1. The van der Waals surface area contributed by atoms with Crippen molar-refractivity contribution in [3.05, 3.63) is 29.8 Å². The number of carbonyl (C=O) groups is 2. The van der Waals surface area contributed by atoms with Crippen molar-refractivity contribution in [1.82, 2.24) is 0 Å². The highest BCUT2D eigenvalue weighted by Gasteiger charge is 2.49. The molecule has 0 aromatic heterocycles. The zero-order valence-electron chi connectivity index (χ0n) is 15.1. The minimum absolute atomic E-state index is 0.0167. The van der Waals surface area contributed by atoms with Crippen LogP contribution >= 0.6 is 11.8 Å². The third-order valence-electron chi connectivity index (χ3n) is 4.67. The number of nitrogens with zero attached hydrogens (tertiary/aromatic N) is 2. The average molecular weight is 410 g/mol. The summed E-state index contributed by atoms with van der Waals surface area (Å²) in [5.41, 5.74) is 1.94. The maximum Gasteiger partial charge on any atom is 0.248 e. The van der Waals surface area contributed by atoms with Gasteiger partial charge in [0.2, 0.25) is 5.91 Å². The highest BCUT2D eigenvalue weighted by molar-refractivity contribution is 8.16. The quantitative estimate of drug-likeness (QED) is 0.712. The number of benzene rings is 1. The molecule has 0 spiro atoms. The molecule has 146 valence electrons. The van der Waals surface area contributed by atoms with Crippen LogP contribution in [0, 0.1) is 0 Å². The molecule has 2 saturated heterocycles. The lowest BCUT2D eigenvalue weighted by molar-refractivity contribution is -0.305. The van der Waals surface area contributed by atoms with E-state index in [0.29, 0.717) is 11.1 Å². The Morgan fingerprint density at radius 1 is 1.22 bits per heavy atom. The van der Waals surface area contributed by atoms with E-state index in [1.807, 2.05) is 24.3 Å². The van der Waals surface area contributed by atoms with Gasteiger partial charge in [0, 0.05) is 23.3 Å². The molecule has 2 atom stereocenters. The van der Waals surface area contributed by atoms with Gasteiger partial charge in [0.15, 0.2) is 15.0 Å². The number of aliphatic imine (C=N–C) groups is 1. The Balaban J connectivity index is 1.90. The Bertz CT molecular complexity index is 878. The molecule has 0 bridgehead atoms. The molecule has 27 heavy (non-hydrogen) atoms. The molecule has 2 fully saturated rings. The average Bonchev–Trinajstić information content (AvgIpc) is 3.03. The minimum Gasteiger partial charge on any atom is -0.550 e. The summed E-state index contributed by atoms with van der Waals surface area (Å²) in [5, 5.41) is 10.8. The van der Waals surface area contributed by atoms with Crippen molar-refractivity contribution in [2.45, 2.75) is 43.9 Å². The molecule has 1 aromatic carbocycles. The predicted octanol–water partition coefficient (Wildman–Crippen LogP) is 0.942. The number of fused-ring (bicyclic) bond motifs is 1. The van der Waals surface area contributed by atoms with Crippen molar-refractivity contribution in [3.8, 4) is 0 Å². The van der Waals surface area contributed by atoms with Crippen molar-refractivity contribution < 1.29 is 23.1 Å². The lowest BCUT2D eigenvalue weighted by atomic mass is 10.0. The summed E-state index contributed by atoms with van der Waals surface area (Å²) < 4.78 is 24.1. The molecule has 0 saturated carbocycles. The number of hydrogen-bond acceptors (Lipinski definition) is 6. The van der Waals surface area contributed by atoms with E-state index in [4.69, 9.17) is 0 Å². The maximum atomic E-state index is 12.1. The highest BCUT2D eigenvalue weighted by atomic mass is 32.2. The van der Waals surface area contributed by atoms with E-state index >= 15 is 0 Å². The standard InChI is InChI=1S/C18H22N2O5S2/c1-11(2)12-3-5-13(6-4-12)20-14-9-27(24,25)10-15(14)26-18(20)19-16(21)7-8-17(22)23/h3-6,11,14-15H,7-10H2,1-2H3,(H,22,23)/p-1/t14-,15+/m0/s1. The van der Waals surface area contributed by atoms with E-state index in [1.165, 1.54) is 11.8 Å². The molecule has 0 unspecified atom stereocenters. The SMILES string of the molecule is CC(C)c1ccc(N2C(=NC(=O)CCC(=O)[O-])S[C@@H]3CS(=O)(=O)C[C@@H]32)cc1. The van der Waals surface area contributed by atoms with Crippen LogP contribution in [0.5, 0.6) is 0 Å². The molecular weight excluding hydrogens is 388 g/mol. The summed E-state index contributed by atoms with van der Waals surface area (Å²) in [6, 6.07) is 7.50. The molecule has 1 aromatic rings. The molecule has 2 aliphatic rings. The largest absolute Gasteiger partial charge is 0.550 e. The van der Waals surface area contributed by atoms with Gasteiger partial charge >= 0.3 is 0 Å². The van der Waals surface area contributed by atoms with Crippen LogP contribution in [0.2, 0.25) is 0 Å². The number of anilines is 1. The maximum absolute atomic E-state index is 12.1. The Morgan fingerprint density at radius 2 is 1.89 bits per heavy atom. The molecule has 0 aliphatic carbocycles. The first-order chi connectivity index (χ1) is 12.7. The lowest BCUT2D eigenvalue weighted by Crippen LogP contribution is -2.37. The number of carboxylic acid groups (broad SMARTS) is 1. The van der Waals surface area contributed by atoms with Crippen LogP contribution in [-0.2, 0) is 19.4 Å². The number of thioether (sulfide) groups is 1.